The Kier molecular flexibility index (Phi) is 13.8. The van der Waals surface area contributed by atoms with Gasteiger partial charge in [0.25, 0.3) is 5.91 Å². The van der Waals surface area contributed by atoms with Gasteiger partial charge in [0.15, 0.2) is 6.61 Å². The number of aliphatic carboxylic acids is 1. The summed E-state index contributed by atoms with van der Waals surface area (Å²) < 4.78 is 37.6. The standard InChI is InChI=1S/C37H48N4O8S2/c1-5-8-19-37(20-9-6-2)24-41(26-13-11-10-12-14-26)29-21-31(50-4)30(22-32(29)51(47,48)40-37)49-23-33(43)39-34(25-15-17-27(42)18-16-25)35(44)38-28(7-3)36(45)46/h10-18,21-22,28,34,40,42H,5-9,19-20,23-24H2,1-4H3,(H,38,44)(H,39,43)(H,45,46)/t28-,34-/m0/s1. The maximum absolute atomic E-state index is 14.3. The number of unbranched alkanes of at least 4 members (excludes halogenated alkanes) is 2. The fourth-order valence-corrected chi connectivity index (χ4v) is 8.35. The Morgan fingerprint density at radius 2 is 1.63 bits per heavy atom. The van der Waals surface area contributed by atoms with Crippen LogP contribution in [0.15, 0.2) is 76.5 Å². The van der Waals surface area contributed by atoms with Crippen LogP contribution in [-0.4, -0.2) is 67.4 Å². The van der Waals surface area contributed by atoms with Crippen LogP contribution >= 0.6 is 11.8 Å². The number of ether oxygens (including phenoxy) is 1. The Morgan fingerprint density at radius 1 is 0.980 bits per heavy atom. The second-order valence-corrected chi connectivity index (χ2v) is 15.2. The number of thioether (sulfide) groups is 1. The molecule has 2 amide bonds. The molecule has 1 aliphatic rings. The second-order valence-electron chi connectivity index (χ2n) is 12.7. The number of nitrogens with zero attached hydrogens (tertiary/aromatic N) is 1. The molecule has 12 nitrogen and oxygen atoms in total. The summed E-state index contributed by atoms with van der Waals surface area (Å²) in [6, 6.07) is 16.0. The van der Waals surface area contributed by atoms with E-state index in [1.807, 2.05) is 36.6 Å². The third-order valence-corrected chi connectivity index (χ3v) is 11.3. The summed E-state index contributed by atoms with van der Waals surface area (Å²) in [6.07, 6.45) is 6.81. The Hall–Kier alpha value is -4.27. The average Bonchev–Trinajstić information content (AvgIpc) is 3.21. The fraction of sp³-hybridized carbons (Fsp3) is 0.432. The van der Waals surface area contributed by atoms with Gasteiger partial charge in [0.05, 0.1) is 16.1 Å². The number of carboxylic acids is 1. The molecule has 0 aromatic heterocycles. The van der Waals surface area contributed by atoms with Gasteiger partial charge in [-0.3, -0.25) is 9.59 Å². The Morgan fingerprint density at radius 3 is 2.20 bits per heavy atom. The zero-order valence-corrected chi connectivity index (χ0v) is 31.1. The first kappa shape index (κ1) is 39.5. The van der Waals surface area contributed by atoms with E-state index in [2.05, 4.69) is 34.1 Å². The third-order valence-electron chi connectivity index (χ3n) is 8.90. The first-order chi connectivity index (χ1) is 24.4. The van der Waals surface area contributed by atoms with Gasteiger partial charge in [0.1, 0.15) is 28.5 Å². The van der Waals surface area contributed by atoms with E-state index in [9.17, 15) is 33.0 Å². The van der Waals surface area contributed by atoms with Crippen molar-refractivity contribution in [2.45, 2.75) is 93.1 Å². The van der Waals surface area contributed by atoms with Gasteiger partial charge in [-0.25, -0.2) is 17.9 Å². The van der Waals surface area contributed by atoms with Crippen LogP contribution in [0.4, 0.5) is 11.4 Å². The molecule has 0 aliphatic carbocycles. The van der Waals surface area contributed by atoms with Crippen molar-refractivity contribution in [1.82, 2.24) is 15.4 Å². The SMILES string of the molecule is CCCCC1(CCCC)CN(c2ccccc2)c2cc(SC)c(OCC(=O)N[C@H](C(=O)N[C@@H](CC)C(=O)O)c3ccc(O)cc3)cc2S(=O)(=O)N1. The highest BCUT2D eigenvalue weighted by atomic mass is 32.2. The van der Waals surface area contributed by atoms with Crippen LogP contribution in [0.5, 0.6) is 11.5 Å². The monoisotopic (exact) mass is 740 g/mol. The van der Waals surface area contributed by atoms with E-state index >= 15 is 0 Å². The second kappa shape index (κ2) is 17.8. The number of carbonyl (C=O) groups is 3. The number of hydrogen-bond acceptors (Lipinski definition) is 9. The molecule has 0 fully saturated rings. The number of fused-ring (bicyclic) bond motifs is 1. The first-order valence-electron chi connectivity index (χ1n) is 17.2. The van der Waals surface area contributed by atoms with E-state index in [0.717, 1.165) is 31.4 Å². The van der Waals surface area contributed by atoms with Crippen LogP contribution in [0.2, 0.25) is 0 Å². The lowest BCUT2D eigenvalue weighted by atomic mass is 9.87. The smallest absolute Gasteiger partial charge is 0.326 e. The molecule has 0 bridgehead atoms. The van der Waals surface area contributed by atoms with Crippen molar-refractivity contribution in [3.8, 4) is 11.5 Å². The molecule has 2 atom stereocenters. The number of benzene rings is 3. The van der Waals surface area contributed by atoms with Crippen LogP contribution in [-0.2, 0) is 24.4 Å². The summed E-state index contributed by atoms with van der Waals surface area (Å²) in [5.74, 6) is -2.57. The molecule has 0 spiro atoms. The minimum absolute atomic E-state index is 0.0232. The van der Waals surface area contributed by atoms with E-state index < -0.39 is 52.0 Å². The number of hydrogen-bond donors (Lipinski definition) is 5. The van der Waals surface area contributed by atoms with Crippen LogP contribution < -0.4 is 25.0 Å². The molecule has 5 N–H and O–H groups in total. The minimum atomic E-state index is -4.07. The molecule has 3 aromatic rings. The topological polar surface area (TPSA) is 174 Å². The summed E-state index contributed by atoms with van der Waals surface area (Å²) in [4.78, 5) is 40.8. The van der Waals surface area contributed by atoms with Gasteiger partial charge >= 0.3 is 5.97 Å². The predicted molar refractivity (Wildman–Crippen MR) is 198 cm³/mol. The average molecular weight is 741 g/mol. The van der Waals surface area contributed by atoms with Crippen molar-refractivity contribution in [3.63, 3.8) is 0 Å². The van der Waals surface area contributed by atoms with E-state index in [0.29, 0.717) is 35.5 Å². The quantitative estimate of drug-likeness (QED) is 0.105. The summed E-state index contributed by atoms with van der Waals surface area (Å²) >= 11 is 1.34. The molecule has 51 heavy (non-hydrogen) atoms. The number of rotatable bonds is 17. The van der Waals surface area contributed by atoms with E-state index in [4.69, 9.17) is 4.74 Å². The van der Waals surface area contributed by atoms with Crippen LogP contribution in [0.3, 0.4) is 0 Å². The van der Waals surface area contributed by atoms with Gasteiger partial charge in [0, 0.05) is 18.3 Å². The number of nitrogens with one attached hydrogen (secondary N) is 3. The van der Waals surface area contributed by atoms with Crippen LogP contribution in [0.1, 0.15) is 77.3 Å². The zero-order chi connectivity index (χ0) is 37.2. The van der Waals surface area contributed by atoms with Gasteiger partial charge in [0.2, 0.25) is 15.9 Å². The molecular weight excluding hydrogens is 693 g/mol. The Bertz CT molecular complexity index is 1760. The number of carboxylic acid groups (broad SMARTS) is 1. The van der Waals surface area contributed by atoms with Crippen molar-refractivity contribution in [1.29, 1.82) is 0 Å². The van der Waals surface area contributed by atoms with Gasteiger partial charge < -0.3 is 30.5 Å². The zero-order valence-electron chi connectivity index (χ0n) is 29.5. The first-order valence-corrected chi connectivity index (χ1v) is 19.9. The van der Waals surface area contributed by atoms with Gasteiger partial charge in [-0.1, -0.05) is 76.8 Å². The summed E-state index contributed by atoms with van der Waals surface area (Å²) in [5.41, 5.74) is 0.933. The van der Waals surface area contributed by atoms with E-state index in [1.54, 1.807) is 13.0 Å². The van der Waals surface area contributed by atoms with E-state index in [-0.39, 0.29) is 22.8 Å². The molecule has 0 radical (unpaired) electrons. The highest BCUT2D eigenvalue weighted by molar-refractivity contribution is 7.98. The Balaban J connectivity index is 1.68. The van der Waals surface area contributed by atoms with Crippen molar-refractivity contribution in [3.05, 3.63) is 72.3 Å². The summed E-state index contributed by atoms with van der Waals surface area (Å²) in [5, 5.41) is 24.3. The number of amides is 2. The molecule has 4 rings (SSSR count). The third kappa shape index (κ3) is 9.95. The minimum Gasteiger partial charge on any atom is -0.508 e. The number of phenols is 1. The number of sulfonamides is 1. The Labute approximate surface area is 304 Å². The van der Waals surface area contributed by atoms with E-state index in [1.165, 1.54) is 42.1 Å². The normalized spacial score (nSPS) is 15.9. The van der Waals surface area contributed by atoms with Crippen molar-refractivity contribution in [2.75, 3.05) is 24.3 Å². The largest absolute Gasteiger partial charge is 0.508 e. The van der Waals surface area contributed by atoms with Crippen LogP contribution in [0, 0.1) is 0 Å². The molecule has 276 valence electrons. The van der Waals surface area contributed by atoms with Gasteiger partial charge in [-0.15, -0.1) is 11.8 Å². The lowest BCUT2D eigenvalue weighted by Crippen LogP contribution is -2.53. The van der Waals surface area contributed by atoms with Crippen molar-refractivity contribution in [2.24, 2.45) is 0 Å². The molecule has 1 aliphatic heterocycles. The molecule has 14 heteroatoms. The lowest BCUT2D eigenvalue weighted by molar-refractivity contribution is -0.142. The number of anilines is 2. The lowest BCUT2D eigenvalue weighted by Gasteiger charge is -2.37. The summed E-state index contributed by atoms with van der Waals surface area (Å²) in [7, 11) is -4.07. The molecular formula is C37H48N4O8S2. The van der Waals surface area contributed by atoms with Gasteiger partial charge in [-0.2, -0.15) is 0 Å². The van der Waals surface area contributed by atoms with Crippen molar-refractivity contribution < 1.29 is 37.8 Å². The maximum Gasteiger partial charge on any atom is 0.326 e. The number of para-hydroxylation sites is 1. The predicted octanol–water partition coefficient (Wildman–Crippen LogP) is 5.88. The molecule has 3 aromatic carbocycles. The van der Waals surface area contributed by atoms with Crippen molar-refractivity contribution >= 4 is 50.9 Å². The molecule has 0 unspecified atom stereocenters. The maximum atomic E-state index is 14.3. The molecule has 0 saturated carbocycles. The molecule has 0 saturated heterocycles. The number of phenolic OH excluding ortho intramolecular Hbond substituents is 1. The molecule has 1 heterocycles. The number of carbonyl (C=O) groups excluding carboxylic acids is 2. The van der Waals surface area contributed by atoms with Gasteiger partial charge in [-0.05, 0) is 61.4 Å². The highest BCUT2D eigenvalue weighted by Gasteiger charge is 2.42. The fourth-order valence-electron chi connectivity index (χ4n) is 6.15. The van der Waals surface area contributed by atoms with Crippen LogP contribution in [0.25, 0.3) is 0 Å². The summed E-state index contributed by atoms with van der Waals surface area (Å²) in [6.45, 7) is 5.64. The number of aromatic hydroxyl groups is 1. The highest BCUT2D eigenvalue weighted by Crippen LogP contribution is 2.44.